The quantitative estimate of drug-likeness (QED) is 0.644. The highest BCUT2D eigenvalue weighted by molar-refractivity contribution is 7.94. The molecule has 0 aromatic heterocycles. The van der Waals surface area contributed by atoms with Crippen molar-refractivity contribution in [1.82, 2.24) is 0 Å². The van der Waals surface area contributed by atoms with Crippen LogP contribution in [0.3, 0.4) is 0 Å². The van der Waals surface area contributed by atoms with Crippen molar-refractivity contribution in [1.29, 1.82) is 0 Å². The minimum Gasteiger partial charge on any atom is -0.224 e. The Morgan fingerprint density at radius 3 is 2.42 bits per heavy atom. The van der Waals surface area contributed by atoms with Crippen molar-refractivity contribution < 1.29 is 8.42 Å². The van der Waals surface area contributed by atoms with E-state index in [-0.39, 0.29) is 5.75 Å². The van der Waals surface area contributed by atoms with E-state index in [1.54, 1.807) is 0 Å². The molecule has 0 amide bonds. The predicted octanol–water partition coefficient (Wildman–Crippen LogP) is 2.37. The Bertz CT molecular complexity index is 217. The van der Waals surface area contributed by atoms with Gasteiger partial charge in [0.2, 0.25) is 0 Å². The topological polar surface area (TPSA) is 34.1 Å². The molecule has 3 heteroatoms. The molecule has 0 bridgehead atoms. The van der Waals surface area contributed by atoms with Gasteiger partial charge in [-0.05, 0) is 12.3 Å². The zero-order chi connectivity index (χ0) is 9.61. The van der Waals surface area contributed by atoms with Gasteiger partial charge in [-0.25, -0.2) is 8.42 Å². The average molecular weight is 190 g/mol. The second-order valence-corrected chi connectivity index (χ2v) is 5.28. The van der Waals surface area contributed by atoms with Crippen molar-refractivity contribution in [3.8, 4) is 0 Å². The van der Waals surface area contributed by atoms with E-state index in [1.165, 1.54) is 0 Å². The molecule has 0 aromatic rings. The summed E-state index contributed by atoms with van der Waals surface area (Å²) in [5, 5.41) is 1.05. The van der Waals surface area contributed by atoms with Gasteiger partial charge < -0.3 is 0 Å². The van der Waals surface area contributed by atoms with Crippen LogP contribution in [0.2, 0.25) is 0 Å². The van der Waals surface area contributed by atoms with Crippen LogP contribution in [0.15, 0.2) is 12.0 Å². The van der Waals surface area contributed by atoms with Gasteiger partial charge in [0.05, 0.1) is 5.75 Å². The maximum atomic E-state index is 11.0. The maximum absolute atomic E-state index is 11.0. The molecule has 0 fully saturated rings. The Kier molecular flexibility index (Phi) is 5.22. The van der Waals surface area contributed by atoms with E-state index >= 15 is 0 Å². The summed E-state index contributed by atoms with van der Waals surface area (Å²) in [5.74, 6) is 0.752. The first kappa shape index (κ1) is 11.7. The average Bonchev–Trinajstić information content (AvgIpc) is 2.02. The molecule has 12 heavy (non-hydrogen) atoms. The summed E-state index contributed by atoms with van der Waals surface area (Å²) in [5.41, 5.74) is 0. The fourth-order valence-corrected chi connectivity index (χ4v) is 1.98. The highest BCUT2D eigenvalue weighted by Gasteiger charge is 2.08. The van der Waals surface area contributed by atoms with Crippen LogP contribution in [0.5, 0.6) is 0 Å². The van der Waals surface area contributed by atoms with Gasteiger partial charge in [0.1, 0.15) is 0 Å². The number of rotatable bonds is 6. The van der Waals surface area contributed by atoms with E-state index < -0.39 is 9.84 Å². The molecule has 0 N–H and O–H groups in total. The van der Waals surface area contributed by atoms with Crippen molar-refractivity contribution in [2.75, 3.05) is 5.75 Å². The van der Waals surface area contributed by atoms with Gasteiger partial charge in [-0.1, -0.05) is 33.3 Å². The van der Waals surface area contributed by atoms with Crippen LogP contribution < -0.4 is 0 Å². The summed E-state index contributed by atoms with van der Waals surface area (Å²) >= 11 is 0. The molecule has 0 aliphatic rings. The van der Waals surface area contributed by atoms with Crippen molar-refractivity contribution in [2.24, 2.45) is 5.92 Å². The number of sulfone groups is 1. The summed E-state index contributed by atoms with van der Waals surface area (Å²) in [7, 11) is -2.97. The van der Waals surface area contributed by atoms with E-state index in [0.717, 1.165) is 24.7 Å². The first-order valence-corrected chi connectivity index (χ1v) is 6.08. The van der Waals surface area contributed by atoms with Crippen LogP contribution in [0.25, 0.3) is 0 Å². The molecule has 1 unspecified atom stereocenters. The Balaban J connectivity index is 3.75. The van der Waals surface area contributed by atoms with Crippen LogP contribution in [0.1, 0.15) is 33.1 Å². The summed E-state index contributed by atoms with van der Waals surface area (Å²) in [6.07, 6.45) is 2.98. The Hall–Kier alpha value is -0.310. The summed E-state index contributed by atoms with van der Waals surface area (Å²) in [4.78, 5) is 0. The summed E-state index contributed by atoms with van der Waals surface area (Å²) in [6.45, 7) is 7.46. The highest BCUT2D eigenvalue weighted by Crippen LogP contribution is 2.11. The lowest BCUT2D eigenvalue weighted by atomic mass is 10.0. The third-order valence-electron chi connectivity index (χ3n) is 1.93. The van der Waals surface area contributed by atoms with Gasteiger partial charge in [-0.3, -0.25) is 0 Å². The highest BCUT2D eigenvalue weighted by atomic mass is 32.2. The normalized spacial score (nSPS) is 14.2. The van der Waals surface area contributed by atoms with Crippen molar-refractivity contribution in [3.63, 3.8) is 0 Å². The van der Waals surface area contributed by atoms with Gasteiger partial charge in [0, 0.05) is 5.41 Å². The first-order chi connectivity index (χ1) is 5.52. The molecule has 0 radical (unpaired) electrons. The minimum absolute atomic E-state index is 0.248. The van der Waals surface area contributed by atoms with E-state index in [1.807, 2.05) is 0 Å². The molecule has 72 valence electrons. The zero-order valence-electron chi connectivity index (χ0n) is 7.91. The molecular weight excluding hydrogens is 172 g/mol. The molecular formula is C9H18O2S. The van der Waals surface area contributed by atoms with Gasteiger partial charge in [0.25, 0.3) is 0 Å². The van der Waals surface area contributed by atoms with Crippen LogP contribution >= 0.6 is 0 Å². The second-order valence-electron chi connectivity index (χ2n) is 3.22. The fraction of sp³-hybridized carbons (Fsp3) is 0.778. The standard InChI is InChI=1S/C9H18O2S/c1-4-6-9(3)7-8-12(10,11)5-2/h5,9H,2,4,6-8H2,1,3H3. The molecule has 0 heterocycles. The van der Waals surface area contributed by atoms with Crippen molar-refractivity contribution >= 4 is 9.84 Å². The van der Waals surface area contributed by atoms with Crippen LogP contribution in [0, 0.1) is 5.92 Å². The molecule has 0 aliphatic heterocycles. The molecule has 0 spiro atoms. The molecule has 2 nitrogen and oxygen atoms in total. The molecule has 0 aromatic carbocycles. The lowest BCUT2D eigenvalue weighted by Gasteiger charge is -2.07. The lowest BCUT2D eigenvalue weighted by Crippen LogP contribution is -2.06. The first-order valence-electron chi connectivity index (χ1n) is 4.37. The van der Waals surface area contributed by atoms with Crippen LogP contribution in [-0.2, 0) is 9.84 Å². The van der Waals surface area contributed by atoms with Crippen molar-refractivity contribution in [2.45, 2.75) is 33.1 Å². The van der Waals surface area contributed by atoms with Gasteiger partial charge in [0.15, 0.2) is 9.84 Å². The Morgan fingerprint density at radius 1 is 1.42 bits per heavy atom. The molecule has 0 saturated carbocycles. The lowest BCUT2D eigenvalue weighted by molar-refractivity contribution is 0.504. The molecule has 0 saturated heterocycles. The van der Waals surface area contributed by atoms with Crippen LogP contribution in [0.4, 0.5) is 0 Å². The van der Waals surface area contributed by atoms with E-state index in [2.05, 4.69) is 20.4 Å². The third kappa shape index (κ3) is 5.35. The monoisotopic (exact) mass is 190 g/mol. The van der Waals surface area contributed by atoms with Crippen LogP contribution in [-0.4, -0.2) is 14.2 Å². The summed E-state index contributed by atoms with van der Waals surface area (Å²) < 4.78 is 22.0. The minimum atomic E-state index is -2.97. The SMILES string of the molecule is C=CS(=O)(=O)CCC(C)CCC. The molecule has 0 aliphatic carbocycles. The number of hydrogen-bond donors (Lipinski definition) is 0. The molecule has 1 atom stereocenters. The fourth-order valence-electron chi connectivity index (χ4n) is 1.09. The third-order valence-corrected chi connectivity index (χ3v) is 3.24. The predicted molar refractivity (Wildman–Crippen MR) is 52.7 cm³/mol. The smallest absolute Gasteiger partial charge is 0.171 e. The second kappa shape index (κ2) is 5.36. The zero-order valence-corrected chi connectivity index (χ0v) is 8.73. The molecule has 0 rings (SSSR count). The number of hydrogen-bond acceptors (Lipinski definition) is 2. The van der Waals surface area contributed by atoms with Gasteiger partial charge in [-0.15, -0.1) is 0 Å². The van der Waals surface area contributed by atoms with Gasteiger partial charge >= 0.3 is 0 Å². The maximum Gasteiger partial charge on any atom is 0.171 e. The van der Waals surface area contributed by atoms with Gasteiger partial charge in [-0.2, -0.15) is 0 Å². The van der Waals surface area contributed by atoms with E-state index in [4.69, 9.17) is 0 Å². The Labute approximate surface area is 75.6 Å². The van der Waals surface area contributed by atoms with E-state index in [9.17, 15) is 8.42 Å². The van der Waals surface area contributed by atoms with Crippen molar-refractivity contribution in [3.05, 3.63) is 12.0 Å². The van der Waals surface area contributed by atoms with E-state index in [0.29, 0.717) is 5.92 Å². The summed E-state index contributed by atoms with van der Waals surface area (Å²) in [6, 6.07) is 0. The Morgan fingerprint density at radius 2 is 2.00 bits per heavy atom. The largest absolute Gasteiger partial charge is 0.224 e.